The van der Waals surface area contributed by atoms with Gasteiger partial charge in [0.2, 0.25) is 0 Å². The van der Waals surface area contributed by atoms with Crippen LogP contribution in [-0.4, -0.2) is 6.21 Å². The molecular weight excluding hydrogens is 100 g/mol. The first-order chi connectivity index (χ1) is 3.77. The van der Waals surface area contributed by atoms with E-state index in [-0.39, 0.29) is 0 Å². The fourth-order valence-corrected chi connectivity index (χ4v) is 0.257. The largest absolute Gasteiger partial charge is 0.323 e. The average Bonchev–Trinajstić information content (AvgIpc) is 1.66. The zero-order valence-corrected chi connectivity index (χ0v) is 4.96. The van der Waals surface area contributed by atoms with Gasteiger partial charge in [-0.3, -0.25) is 0 Å². The van der Waals surface area contributed by atoms with Crippen LogP contribution in [-0.2, 0) is 0 Å². The average molecular weight is 110 g/mol. The van der Waals surface area contributed by atoms with E-state index >= 15 is 0 Å². The van der Waals surface area contributed by atoms with E-state index in [0.29, 0.717) is 0 Å². The summed E-state index contributed by atoms with van der Waals surface area (Å²) in [5.41, 5.74) is 0.991. The van der Waals surface area contributed by atoms with Crippen LogP contribution in [0, 0.1) is 0 Å². The molecule has 0 bridgehead atoms. The zero-order valence-electron chi connectivity index (χ0n) is 4.96. The first kappa shape index (κ1) is 6.95. The van der Waals surface area contributed by atoms with Crippen LogP contribution < -0.4 is 5.84 Å². The monoisotopic (exact) mass is 110 g/mol. The van der Waals surface area contributed by atoms with Gasteiger partial charge < -0.3 is 5.84 Å². The summed E-state index contributed by atoms with van der Waals surface area (Å²) in [5.74, 6) is 4.80. The van der Waals surface area contributed by atoms with Gasteiger partial charge in [-0.05, 0) is 13.0 Å². The Kier molecular flexibility index (Phi) is 3.58. The second-order valence-corrected chi connectivity index (χ2v) is 1.50. The summed E-state index contributed by atoms with van der Waals surface area (Å²) in [6.45, 7) is 5.54. The lowest BCUT2D eigenvalue weighted by molar-refractivity contribution is 1.27. The van der Waals surface area contributed by atoms with Crippen molar-refractivity contribution < 1.29 is 0 Å². The van der Waals surface area contributed by atoms with Gasteiger partial charge in [0.1, 0.15) is 0 Å². The van der Waals surface area contributed by atoms with E-state index < -0.39 is 0 Å². The molecule has 0 saturated carbocycles. The van der Waals surface area contributed by atoms with Gasteiger partial charge in [-0.1, -0.05) is 18.2 Å². The number of rotatable bonds is 2. The Morgan fingerprint density at radius 1 is 1.75 bits per heavy atom. The van der Waals surface area contributed by atoms with Crippen molar-refractivity contribution in [1.82, 2.24) is 0 Å². The highest BCUT2D eigenvalue weighted by Crippen LogP contribution is 1.85. The molecule has 0 radical (unpaired) electrons. The van der Waals surface area contributed by atoms with Gasteiger partial charge in [-0.2, -0.15) is 5.10 Å². The first-order valence-electron chi connectivity index (χ1n) is 2.33. The molecule has 0 rings (SSSR count). The van der Waals surface area contributed by atoms with Gasteiger partial charge in [0.05, 0.1) is 0 Å². The maximum atomic E-state index is 4.80. The molecule has 8 heavy (non-hydrogen) atoms. The number of hydrogen-bond acceptors (Lipinski definition) is 2. The molecule has 44 valence electrons. The Morgan fingerprint density at radius 3 is 2.75 bits per heavy atom. The summed E-state index contributed by atoms with van der Waals surface area (Å²) in [6, 6.07) is 0. The molecule has 0 fully saturated rings. The van der Waals surface area contributed by atoms with Crippen LogP contribution >= 0.6 is 0 Å². The van der Waals surface area contributed by atoms with E-state index in [9.17, 15) is 0 Å². The summed E-state index contributed by atoms with van der Waals surface area (Å²) >= 11 is 0. The van der Waals surface area contributed by atoms with Gasteiger partial charge in [-0.25, -0.2) is 0 Å². The Hall–Kier alpha value is -1.05. The van der Waals surface area contributed by atoms with Crippen LogP contribution in [0.3, 0.4) is 0 Å². The Bertz CT molecular complexity index is 122. The summed E-state index contributed by atoms with van der Waals surface area (Å²) in [6.07, 6.45) is 5.08. The van der Waals surface area contributed by atoms with Crippen molar-refractivity contribution in [2.75, 3.05) is 0 Å². The molecule has 0 heterocycles. The third-order valence-electron chi connectivity index (χ3n) is 0.553. The third-order valence-corrected chi connectivity index (χ3v) is 0.553. The van der Waals surface area contributed by atoms with E-state index in [1.165, 1.54) is 6.21 Å². The molecule has 0 aliphatic heterocycles. The van der Waals surface area contributed by atoms with Gasteiger partial charge in [-0.15, -0.1) is 0 Å². The topological polar surface area (TPSA) is 38.4 Å². The standard InChI is InChI=1S/C6H10N2/c1-6(2)4-3-5-8-7/h3-5H,1,7H2,2H3/b4-3-,8-5-. The van der Waals surface area contributed by atoms with Crippen LogP contribution in [0.15, 0.2) is 29.4 Å². The van der Waals surface area contributed by atoms with Crippen LogP contribution in [0.25, 0.3) is 0 Å². The van der Waals surface area contributed by atoms with Crippen LogP contribution in [0.5, 0.6) is 0 Å². The van der Waals surface area contributed by atoms with Crippen molar-refractivity contribution in [3.05, 3.63) is 24.3 Å². The molecular formula is C6H10N2. The minimum Gasteiger partial charge on any atom is -0.323 e. The smallest absolute Gasteiger partial charge is 0.0465 e. The van der Waals surface area contributed by atoms with E-state index in [1.807, 2.05) is 13.0 Å². The minimum atomic E-state index is 0.991. The lowest BCUT2D eigenvalue weighted by atomic mass is 10.3. The van der Waals surface area contributed by atoms with Gasteiger partial charge in [0, 0.05) is 6.21 Å². The molecule has 0 aromatic heterocycles. The molecule has 0 atom stereocenters. The molecule has 0 unspecified atom stereocenters. The van der Waals surface area contributed by atoms with E-state index in [1.54, 1.807) is 6.08 Å². The normalized spacial score (nSPS) is 11.1. The summed E-state index contributed by atoms with van der Waals surface area (Å²) < 4.78 is 0. The highest BCUT2D eigenvalue weighted by atomic mass is 15.1. The van der Waals surface area contributed by atoms with Crippen LogP contribution in [0.2, 0.25) is 0 Å². The maximum absolute atomic E-state index is 4.80. The first-order valence-corrected chi connectivity index (χ1v) is 2.33. The number of nitrogens with zero attached hydrogens (tertiary/aromatic N) is 1. The fraction of sp³-hybridized carbons (Fsp3) is 0.167. The second-order valence-electron chi connectivity index (χ2n) is 1.50. The molecule has 0 saturated heterocycles. The number of hydrazone groups is 1. The van der Waals surface area contributed by atoms with E-state index in [4.69, 9.17) is 5.84 Å². The maximum Gasteiger partial charge on any atom is 0.0465 e. The van der Waals surface area contributed by atoms with Crippen molar-refractivity contribution in [3.8, 4) is 0 Å². The van der Waals surface area contributed by atoms with Crippen LogP contribution in [0.1, 0.15) is 6.92 Å². The molecule has 2 nitrogen and oxygen atoms in total. The van der Waals surface area contributed by atoms with Gasteiger partial charge in [0.15, 0.2) is 0 Å². The SMILES string of the molecule is C=C(C)/C=C\C=N/N. The molecule has 0 aliphatic carbocycles. The number of allylic oxidation sites excluding steroid dienone is 3. The molecule has 0 spiro atoms. The highest BCUT2D eigenvalue weighted by molar-refractivity contribution is 5.71. The predicted octanol–water partition coefficient (Wildman–Crippen LogP) is 1.06. The highest BCUT2D eigenvalue weighted by Gasteiger charge is 1.67. The van der Waals surface area contributed by atoms with E-state index in [2.05, 4.69) is 11.7 Å². The summed E-state index contributed by atoms with van der Waals surface area (Å²) in [4.78, 5) is 0. The summed E-state index contributed by atoms with van der Waals surface area (Å²) in [7, 11) is 0. The molecule has 0 amide bonds. The van der Waals surface area contributed by atoms with Crippen molar-refractivity contribution in [3.63, 3.8) is 0 Å². The Morgan fingerprint density at radius 2 is 2.38 bits per heavy atom. The molecule has 2 heteroatoms. The molecule has 0 aromatic rings. The zero-order chi connectivity index (χ0) is 6.41. The van der Waals surface area contributed by atoms with Crippen molar-refractivity contribution in [2.45, 2.75) is 6.92 Å². The lowest BCUT2D eigenvalue weighted by Gasteiger charge is -1.77. The van der Waals surface area contributed by atoms with Gasteiger partial charge >= 0.3 is 0 Å². The Labute approximate surface area is 49.4 Å². The second kappa shape index (κ2) is 4.12. The number of nitrogens with two attached hydrogens (primary N) is 1. The number of hydrogen-bond donors (Lipinski definition) is 1. The molecule has 0 aliphatic rings. The van der Waals surface area contributed by atoms with Gasteiger partial charge in [0.25, 0.3) is 0 Å². The predicted molar refractivity (Wildman–Crippen MR) is 36.6 cm³/mol. The van der Waals surface area contributed by atoms with Crippen molar-refractivity contribution >= 4 is 6.21 Å². The molecule has 2 N–H and O–H groups in total. The lowest BCUT2D eigenvalue weighted by Crippen LogP contribution is -1.77. The van der Waals surface area contributed by atoms with Crippen molar-refractivity contribution in [2.24, 2.45) is 10.9 Å². The van der Waals surface area contributed by atoms with Crippen LogP contribution in [0.4, 0.5) is 0 Å². The Balaban J connectivity index is 3.50. The van der Waals surface area contributed by atoms with E-state index in [0.717, 1.165) is 5.57 Å². The molecule has 0 aromatic carbocycles. The minimum absolute atomic E-state index is 0.991. The third kappa shape index (κ3) is 4.95. The summed E-state index contributed by atoms with van der Waals surface area (Å²) in [5, 5.41) is 3.25. The van der Waals surface area contributed by atoms with Crippen molar-refractivity contribution in [1.29, 1.82) is 0 Å². The fourth-order valence-electron chi connectivity index (χ4n) is 0.257. The quantitative estimate of drug-likeness (QED) is 0.245.